The van der Waals surface area contributed by atoms with Crippen molar-refractivity contribution in [2.75, 3.05) is 0 Å². The smallest absolute Gasteiger partial charge is 0.334 e. The van der Waals surface area contributed by atoms with Crippen molar-refractivity contribution in [1.82, 2.24) is 0 Å². The van der Waals surface area contributed by atoms with Crippen molar-refractivity contribution in [3.05, 3.63) is 23.8 Å². The monoisotopic (exact) mass is 246 g/mol. The number of esters is 1. The summed E-state index contributed by atoms with van der Waals surface area (Å²) in [4.78, 5) is 23.3. The lowest BCUT2D eigenvalue weighted by Crippen LogP contribution is -2.44. The highest BCUT2D eigenvalue weighted by Crippen LogP contribution is 2.54. The van der Waals surface area contributed by atoms with Crippen LogP contribution in [0.15, 0.2) is 23.8 Å². The van der Waals surface area contributed by atoms with E-state index in [1.54, 1.807) is 6.08 Å². The predicted octanol–water partition coefficient (Wildman–Crippen LogP) is 2.42. The average molecular weight is 246 g/mol. The molecular weight excluding hydrogens is 228 g/mol. The van der Waals surface area contributed by atoms with Crippen LogP contribution in [0.25, 0.3) is 0 Å². The van der Waals surface area contributed by atoms with Crippen molar-refractivity contribution >= 4 is 11.8 Å². The van der Waals surface area contributed by atoms with Gasteiger partial charge in [-0.15, -0.1) is 0 Å². The van der Waals surface area contributed by atoms with Crippen LogP contribution in [0.5, 0.6) is 0 Å². The van der Waals surface area contributed by atoms with Gasteiger partial charge in [0, 0.05) is 17.9 Å². The van der Waals surface area contributed by atoms with E-state index >= 15 is 0 Å². The Labute approximate surface area is 107 Å². The molecule has 2 fully saturated rings. The molecule has 0 unspecified atom stereocenters. The van der Waals surface area contributed by atoms with E-state index in [2.05, 4.69) is 13.5 Å². The van der Waals surface area contributed by atoms with Crippen molar-refractivity contribution in [2.24, 2.45) is 17.3 Å². The Morgan fingerprint density at radius 2 is 2.17 bits per heavy atom. The zero-order chi connectivity index (χ0) is 13.1. The second kappa shape index (κ2) is 3.56. The number of hydrogen-bond donors (Lipinski definition) is 0. The molecule has 4 atom stereocenters. The number of ketones is 1. The van der Waals surface area contributed by atoms with Gasteiger partial charge in [-0.05, 0) is 37.2 Å². The minimum Gasteiger partial charge on any atom is -0.458 e. The molecule has 0 aromatic rings. The van der Waals surface area contributed by atoms with E-state index in [0.717, 1.165) is 18.4 Å². The molecule has 0 radical (unpaired) electrons. The van der Waals surface area contributed by atoms with E-state index < -0.39 is 0 Å². The van der Waals surface area contributed by atoms with Crippen LogP contribution in [0.1, 0.15) is 33.1 Å². The highest BCUT2D eigenvalue weighted by molar-refractivity contribution is 5.93. The quantitative estimate of drug-likeness (QED) is 0.487. The average Bonchev–Trinajstić information content (AvgIpc) is 2.50. The fourth-order valence-corrected chi connectivity index (χ4v) is 4.02. The van der Waals surface area contributed by atoms with E-state index in [1.807, 2.05) is 6.92 Å². The number of rotatable bonds is 0. The molecule has 0 amide bonds. The Balaban J connectivity index is 1.96. The Kier molecular flexibility index (Phi) is 2.31. The lowest BCUT2D eigenvalue weighted by atomic mass is 9.57. The van der Waals surface area contributed by atoms with Gasteiger partial charge in [-0.1, -0.05) is 19.1 Å². The normalized spacial score (nSPS) is 43.1. The summed E-state index contributed by atoms with van der Waals surface area (Å²) in [5, 5.41) is 0. The summed E-state index contributed by atoms with van der Waals surface area (Å²) in [7, 11) is 0. The third-order valence-electron chi connectivity index (χ3n) is 4.93. The van der Waals surface area contributed by atoms with Crippen LogP contribution in [0.4, 0.5) is 0 Å². The molecule has 0 spiro atoms. The van der Waals surface area contributed by atoms with Crippen LogP contribution in [0.3, 0.4) is 0 Å². The maximum Gasteiger partial charge on any atom is 0.334 e. The highest BCUT2D eigenvalue weighted by atomic mass is 16.6. The number of allylic oxidation sites excluding steroid dienone is 2. The first kappa shape index (κ1) is 11.7. The lowest BCUT2D eigenvalue weighted by molar-refractivity contribution is -0.142. The molecule has 96 valence electrons. The Morgan fingerprint density at radius 3 is 2.89 bits per heavy atom. The summed E-state index contributed by atoms with van der Waals surface area (Å²) in [6, 6.07) is 0. The second-order valence-electron chi connectivity index (χ2n) is 6.25. The molecule has 0 N–H and O–H groups in total. The van der Waals surface area contributed by atoms with Crippen molar-refractivity contribution in [2.45, 2.75) is 39.2 Å². The first-order valence-corrected chi connectivity index (χ1v) is 6.51. The van der Waals surface area contributed by atoms with Gasteiger partial charge in [0.25, 0.3) is 0 Å². The van der Waals surface area contributed by atoms with Crippen molar-refractivity contribution in [1.29, 1.82) is 0 Å². The fraction of sp³-hybridized carbons (Fsp3) is 0.600. The summed E-state index contributed by atoms with van der Waals surface area (Å²) in [5.74, 6) is 0.475. The van der Waals surface area contributed by atoms with Crippen molar-refractivity contribution in [3.63, 3.8) is 0 Å². The van der Waals surface area contributed by atoms with E-state index in [-0.39, 0.29) is 29.2 Å². The molecule has 3 nitrogen and oxygen atoms in total. The zero-order valence-corrected chi connectivity index (χ0v) is 10.9. The van der Waals surface area contributed by atoms with E-state index in [1.165, 1.54) is 0 Å². The summed E-state index contributed by atoms with van der Waals surface area (Å²) < 4.78 is 5.39. The second-order valence-corrected chi connectivity index (χ2v) is 6.25. The summed E-state index contributed by atoms with van der Waals surface area (Å²) in [6.07, 6.45) is 3.95. The standard InChI is InChI=1S/C15H18O3/c1-8-4-10(16)6-15(3)7-13-11(5-12(8)15)9(2)14(17)18-13/h4,11-13H,2,5-7H2,1,3H3/t11-,12-,13+,15-/m0/s1. The fourth-order valence-electron chi connectivity index (χ4n) is 4.02. The van der Waals surface area contributed by atoms with Crippen LogP contribution in [0, 0.1) is 17.3 Å². The maximum atomic E-state index is 11.8. The van der Waals surface area contributed by atoms with Crippen LogP contribution < -0.4 is 0 Å². The molecule has 1 saturated carbocycles. The maximum absolute atomic E-state index is 11.8. The highest BCUT2D eigenvalue weighted by Gasteiger charge is 2.53. The summed E-state index contributed by atoms with van der Waals surface area (Å²) in [5.41, 5.74) is 1.72. The minimum atomic E-state index is -0.250. The number of carbonyl (C=O) groups is 2. The number of carbonyl (C=O) groups excluding carboxylic acids is 2. The molecule has 3 rings (SSSR count). The topological polar surface area (TPSA) is 43.4 Å². The molecular formula is C15H18O3. The first-order valence-electron chi connectivity index (χ1n) is 6.51. The van der Waals surface area contributed by atoms with Gasteiger partial charge in [-0.2, -0.15) is 0 Å². The van der Waals surface area contributed by atoms with Gasteiger partial charge in [0.05, 0.1) is 0 Å². The molecule has 3 heteroatoms. The largest absolute Gasteiger partial charge is 0.458 e. The van der Waals surface area contributed by atoms with E-state index in [0.29, 0.717) is 17.9 Å². The lowest BCUT2D eigenvalue weighted by Gasteiger charge is -2.47. The van der Waals surface area contributed by atoms with Crippen molar-refractivity contribution in [3.8, 4) is 0 Å². The molecule has 18 heavy (non-hydrogen) atoms. The van der Waals surface area contributed by atoms with Gasteiger partial charge >= 0.3 is 5.97 Å². The van der Waals surface area contributed by atoms with Gasteiger partial charge in [-0.25, -0.2) is 4.79 Å². The number of fused-ring (bicyclic) bond motifs is 2. The van der Waals surface area contributed by atoms with Crippen LogP contribution in [-0.4, -0.2) is 17.9 Å². The molecule has 1 heterocycles. The van der Waals surface area contributed by atoms with Crippen LogP contribution >= 0.6 is 0 Å². The predicted molar refractivity (Wildman–Crippen MR) is 66.7 cm³/mol. The molecule has 1 aliphatic heterocycles. The Bertz CT molecular complexity index is 488. The summed E-state index contributed by atoms with van der Waals surface area (Å²) in [6.45, 7) is 8.04. The third kappa shape index (κ3) is 1.49. The summed E-state index contributed by atoms with van der Waals surface area (Å²) >= 11 is 0. The minimum absolute atomic E-state index is 0.0536. The van der Waals surface area contributed by atoms with Gasteiger partial charge in [0.15, 0.2) is 5.78 Å². The van der Waals surface area contributed by atoms with E-state index in [4.69, 9.17) is 4.74 Å². The van der Waals surface area contributed by atoms with Gasteiger partial charge in [0.1, 0.15) is 6.10 Å². The number of hydrogen-bond acceptors (Lipinski definition) is 3. The molecule has 0 aromatic heterocycles. The molecule has 0 aromatic carbocycles. The van der Waals surface area contributed by atoms with Gasteiger partial charge in [0.2, 0.25) is 0 Å². The first-order chi connectivity index (χ1) is 8.40. The van der Waals surface area contributed by atoms with Crippen molar-refractivity contribution < 1.29 is 14.3 Å². The SMILES string of the molecule is C=C1C(=O)O[C@@H]2C[C@]3(C)CC(=O)C=C(C)[C@@H]3C[C@@H]12. The molecule has 0 bridgehead atoms. The third-order valence-corrected chi connectivity index (χ3v) is 4.93. The zero-order valence-electron chi connectivity index (χ0n) is 10.9. The number of ether oxygens (including phenoxy) is 1. The van der Waals surface area contributed by atoms with E-state index in [9.17, 15) is 9.59 Å². The Morgan fingerprint density at radius 1 is 1.44 bits per heavy atom. The molecule has 2 aliphatic carbocycles. The van der Waals surface area contributed by atoms with Gasteiger partial charge in [-0.3, -0.25) is 4.79 Å². The molecule has 3 aliphatic rings. The van der Waals surface area contributed by atoms with Crippen LogP contribution in [-0.2, 0) is 14.3 Å². The van der Waals surface area contributed by atoms with Gasteiger partial charge < -0.3 is 4.74 Å². The molecule has 1 saturated heterocycles. The van der Waals surface area contributed by atoms with Crippen LogP contribution in [0.2, 0.25) is 0 Å². The Hall–Kier alpha value is -1.38.